The van der Waals surface area contributed by atoms with Crippen LogP contribution in [0.4, 0.5) is 4.79 Å². The zero-order valence-electron chi connectivity index (χ0n) is 21.7. The molecule has 8 heteroatoms. The summed E-state index contributed by atoms with van der Waals surface area (Å²) in [7, 11) is 0. The third-order valence-electron chi connectivity index (χ3n) is 6.88. The molecule has 4 aromatic rings. The lowest BCUT2D eigenvalue weighted by Gasteiger charge is -2.16. The van der Waals surface area contributed by atoms with Crippen molar-refractivity contribution in [3.63, 3.8) is 0 Å². The largest absolute Gasteiger partial charge is 0.493 e. The van der Waals surface area contributed by atoms with Crippen LogP contribution in [0.25, 0.3) is 11.5 Å². The van der Waals surface area contributed by atoms with E-state index in [9.17, 15) is 14.7 Å². The lowest BCUT2D eigenvalue weighted by atomic mass is 9.90. The fraction of sp³-hybridized carbons (Fsp3) is 0.258. The number of amides is 1. The summed E-state index contributed by atoms with van der Waals surface area (Å²) in [6, 6.07) is 26.2. The van der Waals surface area contributed by atoms with Gasteiger partial charge in [-0.1, -0.05) is 48.5 Å². The van der Waals surface area contributed by atoms with E-state index in [-0.39, 0.29) is 12.5 Å². The van der Waals surface area contributed by atoms with Crippen LogP contribution >= 0.6 is 0 Å². The van der Waals surface area contributed by atoms with E-state index in [4.69, 9.17) is 13.9 Å². The maximum Gasteiger partial charge on any atom is 0.415 e. The van der Waals surface area contributed by atoms with Crippen LogP contribution in [-0.2, 0) is 17.6 Å². The molecule has 0 aliphatic carbocycles. The van der Waals surface area contributed by atoms with Crippen molar-refractivity contribution in [3.05, 3.63) is 102 Å². The molecule has 5 rings (SSSR count). The number of carboxylic acid groups (broad SMARTS) is 1. The minimum atomic E-state index is -0.916. The van der Waals surface area contributed by atoms with Gasteiger partial charge in [-0.15, -0.1) is 0 Å². The molecular weight excluding hydrogens is 496 g/mol. The molecule has 1 fully saturated rings. The lowest BCUT2D eigenvalue weighted by Crippen LogP contribution is -2.32. The van der Waals surface area contributed by atoms with Gasteiger partial charge in [-0.2, -0.15) is 0 Å². The van der Waals surface area contributed by atoms with E-state index in [1.165, 1.54) is 4.90 Å². The van der Waals surface area contributed by atoms with Gasteiger partial charge in [0.25, 0.3) is 0 Å². The summed E-state index contributed by atoms with van der Waals surface area (Å²) < 4.78 is 17.3. The van der Waals surface area contributed by atoms with Crippen molar-refractivity contribution in [1.29, 1.82) is 0 Å². The summed E-state index contributed by atoms with van der Waals surface area (Å²) >= 11 is 0. The normalized spacial score (nSPS) is 16.7. The molecule has 3 aromatic carbocycles. The third kappa shape index (κ3) is 6.46. The summed E-state index contributed by atoms with van der Waals surface area (Å²) in [5.41, 5.74) is 2.73. The quantitative estimate of drug-likeness (QED) is 0.301. The van der Waals surface area contributed by atoms with Crippen molar-refractivity contribution in [2.45, 2.75) is 19.8 Å². The molecule has 1 aliphatic heterocycles. The van der Waals surface area contributed by atoms with Crippen LogP contribution in [-0.4, -0.2) is 46.7 Å². The van der Waals surface area contributed by atoms with Crippen LogP contribution in [0.3, 0.4) is 0 Å². The second-order valence-corrected chi connectivity index (χ2v) is 9.63. The first-order chi connectivity index (χ1) is 19.0. The fourth-order valence-electron chi connectivity index (χ4n) is 4.86. The number of oxazole rings is 1. The Kier molecular flexibility index (Phi) is 7.91. The summed E-state index contributed by atoms with van der Waals surface area (Å²) in [5.74, 6) is 0.656. The molecular formula is C31H30N2O6. The molecule has 0 spiro atoms. The highest BCUT2D eigenvalue weighted by molar-refractivity contribution is 5.75. The van der Waals surface area contributed by atoms with Gasteiger partial charge in [0.1, 0.15) is 17.3 Å². The Morgan fingerprint density at radius 3 is 2.44 bits per heavy atom. The number of carboxylic acids is 1. The topological polar surface area (TPSA) is 102 Å². The molecule has 0 saturated carbocycles. The number of carbonyl (C=O) groups is 2. The minimum Gasteiger partial charge on any atom is -0.493 e. The molecule has 0 bridgehead atoms. The average Bonchev–Trinajstić information content (AvgIpc) is 3.54. The van der Waals surface area contributed by atoms with Gasteiger partial charge >= 0.3 is 12.1 Å². The summed E-state index contributed by atoms with van der Waals surface area (Å²) in [6.07, 6.45) is 0.561. The number of hydrogen-bond acceptors (Lipinski definition) is 6. The standard InChI is InChI=1S/C31H30N2O6/c1-21-28(32-29(38-21)23-10-4-2-5-11-23)15-16-37-26-14-8-9-22(18-26)17-24-19-33(20-27(24)30(34)35)31(36)39-25-12-6-3-7-13-25/h2-14,18,24,27H,15-17,19-20H2,1H3,(H,34,35)/t24-,27+/m0/s1. The lowest BCUT2D eigenvalue weighted by molar-refractivity contribution is -0.142. The van der Waals surface area contributed by atoms with E-state index in [1.807, 2.05) is 67.6 Å². The predicted molar refractivity (Wildman–Crippen MR) is 145 cm³/mol. The van der Waals surface area contributed by atoms with Crippen molar-refractivity contribution in [2.75, 3.05) is 19.7 Å². The van der Waals surface area contributed by atoms with Gasteiger partial charge in [-0.05, 0) is 61.2 Å². The number of likely N-dealkylation sites (tertiary alicyclic amines) is 1. The van der Waals surface area contributed by atoms with E-state index < -0.39 is 18.0 Å². The van der Waals surface area contributed by atoms with Crippen molar-refractivity contribution in [1.82, 2.24) is 9.88 Å². The van der Waals surface area contributed by atoms with Crippen molar-refractivity contribution >= 4 is 12.1 Å². The molecule has 1 saturated heterocycles. The Labute approximate surface area is 226 Å². The Hall–Kier alpha value is -4.59. The van der Waals surface area contributed by atoms with Gasteiger partial charge < -0.3 is 23.9 Å². The maximum absolute atomic E-state index is 12.7. The number of rotatable bonds is 9. The Morgan fingerprint density at radius 2 is 1.69 bits per heavy atom. The van der Waals surface area contributed by atoms with E-state index >= 15 is 0 Å². The molecule has 1 aromatic heterocycles. The zero-order valence-corrected chi connectivity index (χ0v) is 21.7. The van der Waals surface area contributed by atoms with Crippen LogP contribution in [0.15, 0.2) is 89.3 Å². The van der Waals surface area contributed by atoms with E-state index in [2.05, 4.69) is 4.98 Å². The van der Waals surface area contributed by atoms with Crippen LogP contribution in [0.2, 0.25) is 0 Å². The highest BCUT2D eigenvalue weighted by Crippen LogP contribution is 2.29. The predicted octanol–water partition coefficient (Wildman–Crippen LogP) is 5.65. The summed E-state index contributed by atoms with van der Waals surface area (Å²) in [5, 5.41) is 9.81. The van der Waals surface area contributed by atoms with Crippen LogP contribution < -0.4 is 9.47 Å². The van der Waals surface area contributed by atoms with Crippen molar-refractivity contribution in [2.24, 2.45) is 11.8 Å². The van der Waals surface area contributed by atoms with Gasteiger partial charge in [0.2, 0.25) is 5.89 Å². The smallest absolute Gasteiger partial charge is 0.415 e. The third-order valence-corrected chi connectivity index (χ3v) is 6.88. The first-order valence-electron chi connectivity index (χ1n) is 12.9. The summed E-state index contributed by atoms with van der Waals surface area (Å²) in [6.45, 7) is 2.74. The highest BCUT2D eigenvalue weighted by Gasteiger charge is 2.40. The van der Waals surface area contributed by atoms with Gasteiger partial charge in [0.15, 0.2) is 0 Å². The number of ether oxygens (including phenoxy) is 2. The first kappa shape index (κ1) is 26.0. The Balaban J connectivity index is 1.18. The number of para-hydroxylation sites is 1. The molecule has 1 amide bonds. The SMILES string of the molecule is Cc1oc(-c2ccccc2)nc1CCOc1cccc(C[C@H]2CN(C(=O)Oc3ccccc3)C[C@H]2C(=O)O)c1. The average molecular weight is 527 g/mol. The molecule has 0 unspecified atom stereocenters. The molecule has 8 nitrogen and oxygen atoms in total. The van der Waals surface area contributed by atoms with Gasteiger partial charge in [0, 0.05) is 25.1 Å². The number of nitrogens with zero attached hydrogens (tertiary/aromatic N) is 2. The van der Waals surface area contributed by atoms with Crippen molar-refractivity contribution < 1.29 is 28.6 Å². The van der Waals surface area contributed by atoms with Gasteiger partial charge in [-0.25, -0.2) is 9.78 Å². The highest BCUT2D eigenvalue weighted by atomic mass is 16.6. The zero-order chi connectivity index (χ0) is 27.2. The van der Waals surface area contributed by atoms with Gasteiger partial charge in [0.05, 0.1) is 18.2 Å². The molecule has 1 N–H and O–H groups in total. The minimum absolute atomic E-state index is 0.115. The fourth-order valence-corrected chi connectivity index (χ4v) is 4.86. The Morgan fingerprint density at radius 1 is 0.974 bits per heavy atom. The number of aromatic nitrogens is 1. The number of aliphatic carboxylic acids is 1. The van der Waals surface area contributed by atoms with Gasteiger partial charge in [-0.3, -0.25) is 4.79 Å². The second-order valence-electron chi connectivity index (χ2n) is 9.63. The van der Waals surface area contributed by atoms with E-state index in [1.54, 1.807) is 24.3 Å². The molecule has 39 heavy (non-hydrogen) atoms. The maximum atomic E-state index is 12.7. The van der Waals surface area contributed by atoms with Crippen LogP contribution in [0.5, 0.6) is 11.5 Å². The number of benzene rings is 3. The molecule has 0 radical (unpaired) electrons. The number of carbonyl (C=O) groups excluding carboxylic acids is 1. The summed E-state index contributed by atoms with van der Waals surface area (Å²) in [4.78, 5) is 30.7. The van der Waals surface area contributed by atoms with Crippen LogP contribution in [0, 0.1) is 18.8 Å². The molecule has 200 valence electrons. The first-order valence-corrected chi connectivity index (χ1v) is 12.9. The monoisotopic (exact) mass is 526 g/mol. The van der Waals surface area contributed by atoms with E-state index in [0.29, 0.717) is 43.4 Å². The second kappa shape index (κ2) is 11.9. The molecule has 2 atom stereocenters. The Bertz CT molecular complexity index is 1420. The number of hydrogen-bond donors (Lipinski definition) is 1. The van der Waals surface area contributed by atoms with Crippen LogP contribution in [0.1, 0.15) is 17.0 Å². The van der Waals surface area contributed by atoms with Crippen molar-refractivity contribution in [3.8, 4) is 23.0 Å². The van der Waals surface area contributed by atoms with E-state index in [0.717, 1.165) is 22.6 Å². The molecule has 1 aliphatic rings. The molecule has 2 heterocycles. The number of aryl methyl sites for hydroxylation is 1.